The molecule has 1 saturated heterocycles. The van der Waals surface area contributed by atoms with Crippen LogP contribution in [0.4, 0.5) is 0 Å². The van der Waals surface area contributed by atoms with Gasteiger partial charge in [-0.05, 0) is 39.2 Å². The lowest BCUT2D eigenvalue weighted by atomic mass is 9.76. The average Bonchev–Trinajstić information content (AvgIpc) is 2.66. The molecule has 102 valence electrons. The van der Waals surface area contributed by atoms with Crippen molar-refractivity contribution in [2.24, 2.45) is 0 Å². The van der Waals surface area contributed by atoms with Gasteiger partial charge in [-0.3, -0.25) is 0 Å². The summed E-state index contributed by atoms with van der Waals surface area (Å²) < 4.78 is 68.8. The summed E-state index contributed by atoms with van der Waals surface area (Å²) in [6.45, 7) is 6.94. The minimum Gasteiger partial charge on any atom is -0.465 e. The Morgan fingerprint density at radius 1 is 1.26 bits per heavy atom. The molecule has 5 heteroatoms. The molecule has 1 aromatic rings. The fourth-order valence-electron chi connectivity index (χ4n) is 1.67. The summed E-state index contributed by atoms with van der Waals surface area (Å²) in [5.41, 5.74) is -2.58. The molecule has 1 aliphatic rings. The van der Waals surface area contributed by atoms with Crippen LogP contribution < -0.4 is 5.46 Å². The van der Waals surface area contributed by atoms with Crippen LogP contribution in [0.25, 0.3) is 0 Å². The van der Waals surface area contributed by atoms with Crippen molar-refractivity contribution in [1.82, 2.24) is 0 Å². The molecule has 0 unspecified atom stereocenters. The van der Waals surface area contributed by atoms with Crippen molar-refractivity contribution >= 4 is 18.6 Å². The highest BCUT2D eigenvalue weighted by molar-refractivity contribution is 6.63. The Bertz CT molecular complexity index is 745. The Morgan fingerprint density at radius 2 is 1.84 bits per heavy atom. The van der Waals surface area contributed by atoms with Gasteiger partial charge in [0.2, 0.25) is 0 Å². The van der Waals surface area contributed by atoms with Gasteiger partial charge in [-0.1, -0.05) is 18.1 Å². The summed E-state index contributed by atoms with van der Waals surface area (Å²) >= 11 is 0. The Balaban J connectivity index is 2.68. The highest BCUT2D eigenvalue weighted by Gasteiger charge is 2.52. The maximum absolute atomic E-state index is 12.4. The number of rotatable bonds is 2. The second kappa shape index (κ2) is 4.65. The van der Waals surface area contributed by atoms with Crippen LogP contribution in [0.1, 0.15) is 47.6 Å². The molecule has 0 aliphatic carbocycles. The molecule has 2 rings (SSSR count). The molecule has 0 spiro atoms. The van der Waals surface area contributed by atoms with Crippen LogP contribution in [-0.2, 0) is 14.0 Å². The van der Waals surface area contributed by atoms with E-state index in [-0.39, 0.29) is 5.46 Å². The topological polar surface area (TPSA) is 44.8 Å². The highest BCUT2D eigenvalue weighted by Crippen LogP contribution is 2.36. The van der Waals surface area contributed by atoms with Gasteiger partial charge in [0.1, 0.15) is 0 Å². The minimum atomic E-state index is -3.07. The number of benzene rings is 1. The third-order valence-electron chi connectivity index (χ3n) is 3.50. The minimum absolute atomic E-state index is 0.288. The van der Waals surface area contributed by atoms with Crippen molar-refractivity contribution in [1.29, 1.82) is 0 Å². The number of hydrogen-bond donors (Lipinski definition) is 0. The van der Waals surface area contributed by atoms with Crippen molar-refractivity contribution in [3.63, 3.8) is 0 Å². The van der Waals surface area contributed by atoms with Crippen LogP contribution in [0.3, 0.4) is 0 Å². The first-order valence-electron chi connectivity index (χ1n) is 9.28. The molecule has 1 aromatic carbocycles. The fourth-order valence-corrected chi connectivity index (χ4v) is 1.67. The molecule has 0 atom stereocenters. The predicted molar refractivity (Wildman–Crippen MR) is 73.5 cm³/mol. The van der Waals surface area contributed by atoms with E-state index in [1.54, 1.807) is 27.7 Å². The van der Waals surface area contributed by atoms with E-state index < -0.39 is 61.1 Å². The zero-order valence-corrected chi connectivity index (χ0v) is 11.2. The van der Waals surface area contributed by atoms with Crippen molar-refractivity contribution in [2.75, 3.05) is 7.04 Å². The second-order valence-corrected chi connectivity index (χ2v) is 5.27. The number of methoxy groups -OCH3 is 1. The van der Waals surface area contributed by atoms with Gasteiger partial charge in [-0.25, -0.2) is 4.79 Å². The highest BCUT2D eigenvalue weighted by atomic mass is 16.7. The van der Waals surface area contributed by atoms with Crippen molar-refractivity contribution < 1.29 is 28.4 Å². The monoisotopic (exact) mass is 269 g/mol. The van der Waals surface area contributed by atoms with Gasteiger partial charge in [0.05, 0.1) is 33.4 Å². The molecule has 0 N–H and O–H groups in total. The first-order valence-corrected chi connectivity index (χ1v) is 5.78. The van der Waals surface area contributed by atoms with Crippen molar-refractivity contribution in [3.05, 3.63) is 29.7 Å². The van der Waals surface area contributed by atoms with E-state index in [1.165, 1.54) is 0 Å². The number of carbonyl (C=O) groups is 1. The molecule has 1 aliphatic heterocycles. The van der Waals surface area contributed by atoms with Gasteiger partial charge in [0.15, 0.2) is 0 Å². The molecule has 0 saturated carbocycles. The van der Waals surface area contributed by atoms with Crippen LogP contribution in [0.2, 0.25) is 0 Å². The second-order valence-electron chi connectivity index (χ2n) is 5.27. The summed E-state index contributed by atoms with van der Waals surface area (Å²) in [6, 6.07) is -2.55. The molecule has 0 aromatic heterocycles. The lowest BCUT2D eigenvalue weighted by Crippen LogP contribution is -2.41. The molecular formula is C14H19BO4. The van der Waals surface area contributed by atoms with Gasteiger partial charge >= 0.3 is 13.1 Å². The van der Waals surface area contributed by atoms with Crippen LogP contribution in [-0.4, -0.2) is 31.3 Å². The normalized spacial score (nSPS) is 26.3. The SMILES string of the molecule is [2H]c1c([2H])c([2H])c(C(=O)OC([2H])([2H])[2H])c(B2OC(C)(C)C(C)(C)O2)c1[2H]. The van der Waals surface area contributed by atoms with E-state index >= 15 is 0 Å². The molecule has 19 heavy (non-hydrogen) atoms. The Kier molecular flexibility index (Phi) is 1.83. The first kappa shape index (κ1) is 7.46. The summed E-state index contributed by atoms with van der Waals surface area (Å²) in [7, 11) is -4.36. The zero-order valence-electron chi connectivity index (χ0n) is 18.2. The van der Waals surface area contributed by atoms with Gasteiger partial charge in [0.25, 0.3) is 0 Å². The Morgan fingerprint density at radius 3 is 2.42 bits per heavy atom. The average molecular weight is 269 g/mol. The van der Waals surface area contributed by atoms with E-state index in [0.29, 0.717) is 0 Å². The summed E-state index contributed by atoms with van der Waals surface area (Å²) in [5, 5.41) is 0. The number of esters is 1. The van der Waals surface area contributed by atoms with E-state index in [9.17, 15) is 4.79 Å². The maximum atomic E-state index is 12.4. The van der Waals surface area contributed by atoms with E-state index in [0.717, 1.165) is 0 Å². The summed E-state index contributed by atoms with van der Waals surface area (Å²) in [6.07, 6.45) is 0. The first-order chi connectivity index (χ1) is 11.6. The maximum Gasteiger partial charge on any atom is 0.495 e. The van der Waals surface area contributed by atoms with Crippen LogP contribution in [0.15, 0.2) is 24.2 Å². The zero-order chi connectivity index (χ0) is 20.2. The van der Waals surface area contributed by atoms with Gasteiger partial charge in [0, 0.05) is 0 Å². The molecule has 0 radical (unpaired) electrons. The van der Waals surface area contributed by atoms with E-state index in [4.69, 9.17) is 18.9 Å². The number of carbonyl (C=O) groups excluding carboxylic acids is 1. The fraction of sp³-hybridized carbons (Fsp3) is 0.500. The van der Waals surface area contributed by atoms with Crippen molar-refractivity contribution in [2.45, 2.75) is 38.9 Å². The standard InChI is InChI=1S/C14H19BO4/c1-13(2)14(3,4)19-15(18-13)11-9-7-6-8-10(11)12(16)17-5/h6-9H,1-5H3/i5D3,6D,7D,8D,9D. The predicted octanol–water partition coefficient (Wildman–Crippen LogP) is 1.77. The smallest absolute Gasteiger partial charge is 0.465 e. The molecule has 0 bridgehead atoms. The van der Waals surface area contributed by atoms with Crippen molar-refractivity contribution in [3.8, 4) is 0 Å². The van der Waals surface area contributed by atoms with E-state index in [1.807, 2.05) is 0 Å². The molecule has 1 heterocycles. The quantitative estimate of drug-likeness (QED) is 0.606. The largest absolute Gasteiger partial charge is 0.495 e. The Labute approximate surface area is 124 Å². The Hall–Kier alpha value is -1.33. The van der Waals surface area contributed by atoms with Gasteiger partial charge in [-0.15, -0.1) is 0 Å². The van der Waals surface area contributed by atoms with Gasteiger partial charge in [-0.2, -0.15) is 0 Å². The third-order valence-corrected chi connectivity index (χ3v) is 3.50. The van der Waals surface area contributed by atoms with Gasteiger partial charge < -0.3 is 14.0 Å². The number of ether oxygens (including phenoxy) is 1. The molecule has 4 nitrogen and oxygen atoms in total. The van der Waals surface area contributed by atoms with Crippen LogP contribution in [0.5, 0.6) is 0 Å². The lowest BCUT2D eigenvalue weighted by molar-refractivity contribution is 0.00578. The number of hydrogen-bond acceptors (Lipinski definition) is 4. The molecule has 1 fully saturated rings. The molecule has 0 amide bonds. The van der Waals surface area contributed by atoms with Crippen LogP contribution >= 0.6 is 0 Å². The molecular weight excluding hydrogens is 243 g/mol. The van der Waals surface area contributed by atoms with E-state index in [2.05, 4.69) is 4.74 Å². The van der Waals surface area contributed by atoms with Crippen LogP contribution in [0, 0.1) is 0 Å². The summed E-state index contributed by atoms with van der Waals surface area (Å²) in [5.74, 6) is -1.40. The lowest BCUT2D eigenvalue weighted by Gasteiger charge is -2.32. The summed E-state index contributed by atoms with van der Waals surface area (Å²) in [4.78, 5) is 12.4. The third kappa shape index (κ3) is 2.40.